The Labute approximate surface area is 164 Å². The summed E-state index contributed by atoms with van der Waals surface area (Å²) in [5.74, 6) is 1.35. The van der Waals surface area contributed by atoms with Crippen LogP contribution in [0.2, 0.25) is 0 Å². The summed E-state index contributed by atoms with van der Waals surface area (Å²) in [6, 6.07) is 16.3. The highest BCUT2D eigenvalue weighted by Crippen LogP contribution is 2.29. The fourth-order valence-electron chi connectivity index (χ4n) is 4.54. The first-order valence-corrected chi connectivity index (χ1v) is 9.91. The molecular formula is C23H24N4O. The van der Waals surface area contributed by atoms with E-state index >= 15 is 0 Å². The Bertz CT molecular complexity index is 1150. The van der Waals surface area contributed by atoms with Crippen LogP contribution in [0.5, 0.6) is 0 Å². The number of benzene rings is 2. The van der Waals surface area contributed by atoms with E-state index in [1.807, 2.05) is 46.8 Å². The average Bonchev–Trinajstić information content (AvgIpc) is 3.30. The molecule has 1 N–H and O–H groups in total. The number of aromatic amines is 1. The second-order valence-electron chi connectivity index (χ2n) is 7.83. The quantitative estimate of drug-likeness (QED) is 0.568. The zero-order valence-electron chi connectivity index (χ0n) is 16.3. The van der Waals surface area contributed by atoms with Crippen molar-refractivity contribution < 1.29 is 4.79 Å². The van der Waals surface area contributed by atoms with Gasteiger partial charge in [0.1, 0.15) is 11.5 Å². The zero-order chi connectivity index (χ0) is 19.3. The normalized spacial score (nSPS) is 17.5. The number of carbonyl (C=O) groups is 1. The SMILES string of the molecule is Cc1cccc2cc(C(=O)N3CCC[C@H](c4nc5ccccc5[nH]4)C3)n(C)c12. The van der Waals surface area contributed by atoms with E-state index in [-0.39, 0.29) is 11.8 Å². The van der Waals surface area contributed by atoms with Crippen LogP contribution in [-0.2, 0) is 7.05 Å². The Hall–Kier alpha value is -3.08. The van der Waals surface area contributed by atoms with Crippen LogP contribution >= 0.6 is 0 Å². The van der Waals surface area contributed by atoms with Gasteiger partial charge in [0.25, 0.3) is 5.91 Å². The third kappa shape index (κ3) is 2.70. The number of carbonyl (C=O) groups excluding carboxylic acids is 1. The van der Waals surface area contributed by atoms with E-state index in [2.05, 4.69) is 30.1 Å². The molecule has 2 aromatic heterocycles. The average molecular weight is 372 g/mol. The minimum Gasteiger partial charge on any atom is -0.342 e. The van der Waals surface area contributed by atoms with Crippen LogP contribution in [0.15, 0.2) is 48.5 Å². The summed E-state index contributed by atoms with van der Waals surface area (Å²) in [5, 5.41) is 1.12. The zero-order valence-corrected chi connectivity index (χ0v) is 16.3. The topological polar surface area (TPSA) is 53.9 Å². The van der Waals surface area contributed by atoms with Crippen LogP contribution in [0.3, 0.4) is 0 Å². The number of fused-ring (bicyclic) bond motifs is 2. The van der Waals surface area contributed by atoms with Crippen LogP contribution in [0.25, 0.3) is 21.9 Å². The van der Waals surface area contributed by atoms with Gasteiger partial charge in [-0.15, -0.1) is 0 Å². The number of rotatable bonds is 2. The molecule has 1 saturated heterocycles. The first-order valence-electron chi connectivity index (χ1n) is 9.91. The molecule has 28 heavy (non-hydrogen) atoms. The molecule has 5 rings (SSSR count). The van der Waals surface area contributed by atoms with Gasteiger partial charge in [-0.3, -0.25) is 4.79 Å². The number of para-hydroxylation sites is 3. The summed E-state index contributed by atoms with van der Waals surface area (Å²) in [7, 11) is 1.99. The van der Waals surface area contributed by atoms with Gasteiger partial charge in [-0.05, 0) is 43.5 Å². The predicted molar refractivity (Wildman–Crippen MR) is 112 cm³/mol. The van der Waals surface area contributed by atoms with E-state index in [4.69, 9.17) is 4.98 Å². The van der Waals surface area contributed by atoms with E-state index < -0.39 is 0 Å². The Morgan fingerprint density at radius 1 is 1.18 bits per heavy atom. The number of H-pyrrole nitrogens is 1. The second-order valence-corrected chi connectivity index (χ2v) is 7.83. The first-order chi connectivity index (χ1) is 13.6. The maximum Gasteiger partial charge on any atom is 0.270 e. The highest BCUT2D eigenvalue weighted by molar-refractivity contribution is 5.99. The molecule has 0 aliphatic carbocycles. The monoisotopic (exact) mass is 372 g/mol. The van der Waals surface area contributed by atoms with Crippen molar-refractivity contribution in [1.29, 1.82) is 0 Å². The molecular weight excluding hydrogens is 348 g/mol. The molecule has 1 fully saturated rings. The van der Waals surface area contributed by atoms with E-state index in [0.29, 0.717) is 6.54 Å². The summed E-state index contributed by atoms with van der Waals surface area (Å²) < 4.78 is 2.04. The Morgan fingerprint density at radius 2 is 2.04 bits per heavy atom. The van der Waals surface area contributed by atoms with E-state index in [1.54, 1.807) is 0 Å². The van der Waals surface area contributed by atoms with Crippen LogP contribution in [0, 0.1) is 6.92 Å². The van der Waals surface area contributed by atoms with Crippen molar-refractivity contribution in [3.8, 4) is 0 Å². The Morgan fingerprint density at radius 3 is 2.86 bits per heavy atom. The lowest BCUT2D eigenvalue weighted by Gasteiger charge is -2.32. The van der Waals surface area contributed by atoms with Crippen molar-refractivity contribution in [2.45, 2.75) is 25.7 Å². The van der Waals surface area contributed by atoms with Crippen molar-refractivity contribution in [1.82, 2.24) is 19.4 Å². The molecule has 5 heteroatoms. The third-order valence-corrected chi connectivity index (χ3v) is 5.98. The van der Waals surface area contributed by atoms with Crippen molar-refractivity contribution in [3.63, 3.8) is 0 Å². The van der Waals surface area contributed by atoms with Gasteiger partial charge in [0.05, 0.1) is 16.6 Å². The van der Waals surface area contributed by atoms with Gasteiger partial charge in [0.2, 0.25) is 0 Å². The first kappa shape index (κ1) is 17.0. The number of hydrogen-bond acceptors (Lipinski definition) is 2. The summed E-state index contributed by atoms with van der Waals surface area (Å²) >= 11 is 0. The van der Waals surface area contributed by atoms with Gasteiger partial charge >= 0.3 is 0 Å². The molecule has 4 aromatic rings. The molecule has 0 spiro atoms. The summed E-state index contributed by atoms with van der Waals surface area (Å²) in [6.07, 6.45) is 2.05. The largest absolute Gasteiger partial charge is 0.342 e. The smallest absolute Gasteiger partial charge is 0.270 e. The number of imidazole rings is 1. The van der Waals surface area contributed by atoms with Gasteiger partial charge in [-0.1, -0.05) is 30.3 Å². The lowest BCUT2D eigenvalue weighted by Crippen LogP contribution is -2.40. The summed E-state index contributed by atoms with van der Waals surface area (Å²) in [6.45, 7) is 3.60. The fraction of sp³-hybridized carbons (Fsp3) is 0.304. The molecule has 1 aliphatic rings. The molecule has 1 amide bonds. The number of nitrogens with zero attached hydrogens (tertiary/aromatic N) is 3. The third-order valence-electron chi connectivity index (χ3n) is 5.98. The van der Waals surface area contributed by atoms with Crippen LogP contribution in [0.4, 0.5) is 0 Å². The molecule has 1 aliphatic heterocycles. The molecule has 3 heterocycles. The molecule has 2 aromatic carbocycles. The number of piperidine rings is 1. The molecule has 0 unspecified atom stereocenters. The fourth-order valence-corrected chi connectivity index (χ4v) is 4.54. The number of nitrogens with one attached hydrogen (secondary N) is 1. The number of amides is 1. The summed E-state index contributed by atoms with van der Waals surface area (Å²) in [4.78, 5) is 23.5. The van der Waals surface area contributed by atoms with Gasteiger partial charge in [-0.2, -0.15) is 0 Å². The van der Waals surface area contributed by atoms with Gasteiger partial charge in [0.15, 0.2) is 0 Å². The minimum atomic E-state index is 0.110. The predicted octanol–water partition coefficient (Wildman–Crippen LogP) is 4.38. The van der Waals surface area contributed by atoms with Crippen LogP contribution in [0.1, 0.15) is 40.6 Å². The molecule has 0 radical (unpaired) electrons. The van der Waals surface area contributed by atoms with Gasteiger partial charge in [-0.25, -0.2) is 4.98 Å². The number of likely N-dealkylation sites (tertiary alicyclic amines) is 1. The van der Waals surface area contributed by atoms with Crippen molar-refractivity contribution in [3.05, 3.63) is 65.6 Å². The highest BCUT2D eigenvalue weighted by atomic mass is 16.2. The van der Waals surface area contributed by atoms with Crippen molar-refractivity contribution in [2.75, 3.05) is 13.1 Å². The van der Waals surface area contributed by atoms with Crippen LogP contribution < -0.4 is 0 Å². The van der Waals surface area contributed by atoms with Crippen LogP contribution in [-0.4, -0.2) is 38.4 Å². The maximum atomic E-state index is 13.3. The van der Waals surface area contributed by atoms with E-state index in [1.165, 1.54) is 5.56 Å². The molecule has 5 nitrogen and oxygen atoms in total. The standard InChI is InChI=1S/C23H24N4O/c1-15-7-5-8-16-13-20(26(2)21(15)16)23(28)27-12-6-9-17(14-27)22-24-18-10-3-4-11-19(18)25-22/h3-5,7-8,10-11,13,17H,6,9,12,14H2,1-2H3,(H,24,25)/t17-/m0/s1. The molecule has 0 bridgehead atoms. The highest BCUT2D eigenvalue weighted by Gasteiger charge is 2.29. The number of aryl methyl sites for hydroxylation is 2. The second kappa shape index (κ2) is 6.51. The lowest BCUT2D eigenvalue weighted by atomic mass is 9.97. The molecule has 142 valence electrons. The summed E-state index contributed by atoms with van der Waals surface area (Å²) in [5.41, 5.74) is 5.14. The van der Waals surface area contributed by atoms with Crippen molar-refractivity contribution in [2.24, 2.45) is 7.05 Å². The minimum absolute atomic E-state index is 0.110. The molecule has 0 saturated carbocycles. The van der Waals surface area contributed by atoms with Gasteiger partial charge < -0.3 is 14.5 Å². The van der Waals surface area contributed by atoms with E-state index in [0.717, 1.165) is 52.8 Å². The Kier molecular flexibility index (Phi) is 3.97. The number of aromatic nitrogens is 3. The Balaban J connectivity index is 1.44. The lowest BCUT2D eigenvalue weighted by molar-refractivity contribution is 0.0695. The van der Waals surface area contributed by atoms with Gasteiger partial charge in [0, 0.05) is 31.4 Å². The van der Waals surface area contributed by atoms with E-state index in [9.17, 15) is 4.79 Å². The maximum absolute atomic E-state index is 13.3. The number of hydrogen-bond donors (Lipinski definition) is 1. The molecule has 1 atom stereocenters. The van der Waals surface area contributed by atoms with Crippen molar-refractivity contribution >= 4 is 27.8 Å².